The molecule has 0 atom stereocenters. The number of para-hydroxylation sites is 2. The molecule has 53 heavy (non-hydrogen) atoms. The predicted octanol–water partition coefficient (Wildman–Crippen LogP) is 12.5. The smallest absolute Gasteiger partial charge is 0.166 e. The van der Waals surface area contributed by atoms with Gasteiger partial charge >= 0.3 is 0 Å². The first-order valence-electron chi connectivity index (χ1n) is 17.9. The molecule has 0 saturated heterocycles. The highest BCUT2D eigenvalue weighted by Gasteiger charge is 2.21. The van der Waals surface area contributed by atoms with E-state index in [0.29, 0.717) is 17.5 Å². The van der Waals surface area contributed by atoms with Crippen molar-refractivity contribution >= 4 is 32.6 Å². The molecule has 0 bridgehead atoms. The summed E-state index contributed by atoms with van der Waals surface area (Å²) >= 11 is 0. The van der Waals surface area contributed by atoms with Crippen LogP contribution in [0.4, 0.5) is 0 Å². The molecule has 4 heteroatoms. The molecule has 0 unspecified atom stereocenters. The fourth-order valence-corrected chi connectivity index (χ4v) is 7.61. The number of fused-ring (bicyclic) bond motifs is 4. The summed E-state index contributed by atoms with van der Waals surface area (Å²) < 4.78 is 2.37. The van der Waals surface area contributed by atoms with Crippen molar-refractivity contribution in [2.75, 3.05) is 0 Å². The van der Waals surface area contributed by atoms with Gasteiger partial charge in [-0.05, 0) is 57.3 Å². The maximum absolute atomic E-state index is 5.33. The molecule has 0 N–H and O–H groups in total. The van der Waals surface area contributed by atoms with Crippen molar-refractivity contribution in [3.05, 3.63) is 194 Å². The van der Waals surface area contributed by atoms with Crippen LogP contribution in [0.3, 0.4) is 0 Å². The molecule has 10 rings (SSSR count). The highest BCUT2D eigenvalue weighted by molar-refractivity contribution is 6.10. The third-order valence-corrected chi connectivity index (χ3v) is 10.1. The zero-order valence-electron chi connectivity index (χ0n) is 28.8. The third kappa shape index (κ3) is 5.36. The molecule has 2 heterocycles. The lowest BCUT2D eigenvalue weighted by Gasteiger charge is -2.17. The summed E-state index contributed by atoms with van der Waals surface area (Å²) in [5, 5.41) is 4.81. The SMILES string of the molecule is c1ccc(-c2nc(-c3ccccc3-c3ccccc3)nc(-c3ccc(-c4cccc5ccccc45)cc3-n3c4ccccc4c4ccccc43)n2)cc1. The van der Waals surface area contributed by atoms with Gasteiger partial charge in [0.15, 0.2) is 17.5 Å². The number of hydrogen-bond donors (Lipinski definition) is 0. The molecular weight excluding hydrogens is 645 g/mol. The largest absolute Gasteiger partial charge is 0.308 e. The molecule has 0 spiro atoms. The van der Waals surface area contributed by atoms with Gasteiger partial charge in [-0.3, -0.25) is 0 Å². The van der Waals surface area contributed by atoms with Crippen molar-refractivity contribution in [1.82, 2.24) is 19.5 Å². The van der Waals surface area contributed by atoms with Gasteiger partial charge in [0.25, 0.3) is 0 Å². The second kappa shape index (κ2) is 12.9. The fraction of sp³-hybridized carbons (Fsp3) is 0. The van der Waals surface area contributed by atoms with Gasteiger partial charge in [0.1, 0.15) is 0 Å². The van der Waals surface area contributed by atoms with E-state index in [1.165, 1.54) is 27.1 Å². The van der Waals surface area contributed by atoms with E-state index in [1.807, 2.05) is 24.3 Å². The van der Waals surface area contributed by atoms with Gasteiger partial charge in [0.05, 0.1) is 16.7 Å². The summed E-state index contributed by atoms with van der Waals surface area (Å²) in [5.41, 5.74) is 10.5. The molecule has 0 saturated carbocycles. The van der Waals surface area contributed by atoms with Crippen LogP contribution in [0.1, 0.15) is 0 Å². The molecule has 10 aromatic rings. The summed E-state index contributed by atoms with van der Waals surface area (Å²) in [5.74, 6) is 1.86. The minimum atomic E-state index is 0.609. The maximum Gasteiger partial charge on any atom is 0.166 e. The van der Waals surface area contributed by atoms with Crippen molar-refractivity contribution in [3.63, 3.8) is 0 Å². The van der Waals surface area contributed by atoms with Crippen LogP contribution < -0.4 is 0 Å². The van der Waals surface area contributed by atoms with Gasteiger partial charge in [-0.15, -0.1) is 0 Å². The maximum atomic E-state index is 5.33. The second-order valence-corrected chi connectivity index (χ2v) is 13.2. The summed E-state index contributed by atoms with van der Waals surface area (Å²) in [7, 11) is 0. The Morgan fingerprint density at radius 2 is 0.811 bits per heavy atom. The number of aromatic nitrogens is 4. The minimum Gasteiger partial charge on any atom is -0.308 e. The number of benzene rings is 8. The van der Waals surface area contributed by atoms with E-state index in [4.69, 9.17) is 15.0 Å². The Labute approximate surface area is 307 Å². The average Bonchev–Trinajstić information content (AvgIpc) is 3.58. The summed E-state index contributed by atoms with van der Waals surface area (Å²) in [6.07, 6.45) is 0. The molecule has 0 aliphatic rings. The molecular formula is C49H32N4. The molecule has 4 nitrogen and oxygen atoms in total. The first-order valence-corrected chi connectivity index (χ1v) is 17.9. The van der Waals surface area contributed by atoms with E-state index < -0.39 is 0 Å². The van der Waals surface area contributed by atoms with Crippen molar-refractivity contribution < 1.29 is 0 Å². The van der Waals surface area contributed by atoms with E-state index in [9.17, 15) is 0 Å². The van der Waals surface area contributed by atoms with Crippen LogP contribution in [0.5, 0.6) is 0 Å². The number of hydrogen-bond acceptors (Lipinski definition) is 3. The number of nitrogens with zero attached hydrogens (tertiary/aromatic N) is 4. The summed E-state index contributed by atoms with van der Waals surface area (Å²) in [6.45, 7) is 0. The zero-order chi connectivity index (χ0) is 35.1. The van der Waals surface area contributed by atoms with Crippen LogP contribution in [-0.2, 0) is 0 Å². The monoisotopic (exact) mass is 676 g/mol. The van der Waals surface area contributed by atoms with E-state index in [1.54, 1.807) is 0 Å². The van der Waals surface area contributed by atoms with Crippen molar-refractivity contribution in [3.8, 4) is 62.1 Å². The lowest BCUT2D eigenvalue weighted by Crippen LogP contribution is -2.04. The normalized spacial score (nSPS) is 11.4. The molecule has 8 aromatic carbocycles. The van der Waals surface area contributed by atoms with E-state index in [2.05, 4.69) is 174 Å². The van der Waals surface area contributed by atoms with E-state index in [-0.39, 0.29) is 0 Å². The fourth-order valence-electron chi connectivity index (χ4n) is 7.61. The Balaban J connectivity index is 1.28. The predicted molar refractivity (Wildman–Crippen MR) is 219 cm³/mol. The van der Waals surface area contributed by atoms with Crippen molar-refractivity contribution in [2.45, 2.75) is 0 Å². The van der Waals surface area contributed by atoms with Gasteiger partial charge in [-0.25, -0.2) is 15.0 Å². The molecule has 2 aromatic heterocycles. The topological polar surface area (TPSA) is 43.6 Å². The molecule has 0 radical (unpaired) electrons. The lowest BCUT2D eigenvalue weighted by atomic mass is 9.96. The van der Waals surface area contributed by atoms with Crippen LogP contribution in [0, 0.1) is 0 Å². The van der Waals surface area contributed by atoms with Gasteiger partial charge < -0.3 is 4.57 Å². The van der Waals surface area contributed by atoms with Crippen LogP contribution in [-0.4, -0.2) is 19.5 Å². The Hall–Kier alpha value is -7.17. The Morgan fingerprint density at radius 1 is 0.302 bits per heavy atom. The Bertz CT molecular complexity index is 2890. The highest BCUT2D eigenvalue weighted by Crippen LogP contribution is 2.40. The average molecular weight is 677 g/mol. The van der Waals surface area contributed by atoms with Gasteiger partial charge in [0, 0.05) is 27.5 Å². The first-order chi connectivity index (χ1) is 26.3. The molecule has 0 fully saturated rings. The molecule has 0 aliphatic heterocycles. The van der Waals surface area contributed by atoms with Crippen molar-refractivity contribution in [2.24, 2.45) is 0 Å². The van der Waals surface area contributed by atoms with E-state index in [0.717, 1.165) is 50.1 Å². The number of rotatable bonds is 6. The Morgan fingerprint density at radius 3 is 1.53 bits per heavy atom. The van der Waals surface area contributed by atoms with Crippen LogP contribution in [0.25, 0.3) is 94.7 Å². The van der Waals surface area contributed by atoms with Gasteiger partial charge in [-0.2, -0.15) is 0 Å². The highest BCUT2D eigenvalue weighted by atomic mass is 15.1. The summed E-state index contributed by atoms with van der Waals surface area (Å²) in [6, 6.07) is 68.0. The van der Waals surface area contributed by atoms with Crippen LogP contribution >= 0.6 is 0 Å². The second-order valence-electron chi connectivity index (χ2n) is 13.2. The summed E-state index contributed by atoms with van der Waals surface area (Å²) in [4.78, 5) is 15.7. The first kappa shape index (κ1) is 30.6. The van der Waals surface area contributed by atoms with Crippen LogP contribution in [0.15, 0.2) is 194 Å². The molecule has 0 amide bonds. The van der Waals surface area contributed by atoms with E-state index >= 15 is 0 Å². The standard InChI is InChI=1S/C49H32N4/c1-3-16-33(17-4-1)38-23-9-10-26-42(38)48-50-47(35-19-5-2-6-20-35)51-49(52-48)43-31-30-36(39-27-15-21-34-18-7-8-22-37(34)39)32-46(43)53-44-28-13-11-24-40(44)41-25-12-14-29-45(41)53/h1-32H. The third-order valence-electron chi connectivity index (χ3n) is 10.1. The van der Waals surface area contributed by atoms with Crippen molar-refractivity contribution in [1.29, 1.82) is 0 Å². The zero-order valence-corrected chi connectivity index (χ0v) is 28.8. The minimum absolute atomic E-state index is 0.609. The van der Waals surface area contributed by atoms with Crippen LogP contribution in [0.2, 0.25) is 0 Å². The van der Waals surface area contributed by atoms with Gasteiger partial charge in [0.2, 0.25) is 0 Å². The molecule has 0 aliphatic carbocycles. The molecule has 248 valence electrons. The Kier molecular flexibility index (Phi) is 7.43. The van der Waals surface area contributed by atoms with Gasteiger partial charge in [-0.1, -0.05) is 170 Å². The quantitative estimate of drug-likeness (QED) is 0.176. The lowest BCUT2D eigenvalue weighted by molar-refractivity contribution is 1.06.